The Labute approximate surface area is 89.2 Å². The highest BCUT2D eigenvalue weighted by atomic mass is 35.5. The van der Waals surface area contributed by atoms with Crippen molar-refractivity contribution in [2.45, 2.75) is 26.7 Å². The number of hydrogen-bond acceptors (Lipinski definition) is 1. The molecule has 0 spiro atoms. The fourth-order valence-electron chi connectivity index (χ4n) is 1.17. The fourth-order valence-corrected chi connectivity index (χ4v) is 1.54. The van der Waals surface area contributed by atoms with Crippen LogP contribution in [0.15, 0.2) is 0 Å². The van der Waals surface area contributed by atoms with E-state index in [4.69, 9.17) is 28.3 Å². The minimum atomic E-state index is -0.779. The molecule has 78 valence electrons. The van der Waals surface area contributed by atoms with Crippen molar-refractivity contribution < 1.29 is 9.90 Å². The number of carboxylic acid groups (broad SMARTS) is 1. The van der Waals surface area contributed by atoms with Gasteiger partial charge in [0, 0.05) is 11.8 Å². The van der Waals surface area contributed by atoms with Crippen LogP contribution < -0.4 is 0 Å². The van der Waals surface area contributed by atoms with E-state index in [1.54, 1.807) is 0 Å². The third kappa shape index (κ3) is 5.37. The van der Waals surface area contributed by atoms with Gasteiger partial charge in [-0.3, -0.25) is 4.79 Å². The van der Waals surface area contributed by atoms with Crippen molar-refractivity contribution in [1.82, 2.24) is 0 Å². The Balaban J connectivity index is 4.17. The maximum absolute atomic E-state index is 10.8. The summed E-state index contributed by atoms with van der Waals surface area (Å²) < 4.78 is 0. The van der Waals surface area contributed by atoms with E-state index in [1.807, 2.05) is 13.8 Å². The predicted molar refractivity (Wildman–Crippen MR) is 55.6 cm³/mol. The van der Waals surface area contributed by atoms with Crippen LogP contribution in [0, 0.1) is 11.3 Å². The van der Waals surface area contributed by atoms with Gasteiger partial charge >= 0.3 is 5.97 Å². The van der Waals surface area contributed by atoms with Crippen LogP contribution in [0.5, 0.6) is 0 Å². The van der Waals surface area contributed by atoms with E-state index in [1.165, 1.54) is 0 Å². The van der Waals surface area contributed by atoms with Gasteiger partial charge < -0.3 is 5.11 Å². The summed E-state index contributed by atoms with van der Waals surface area (Å²) in [5.74, 6) is -0.293. The largest absolute Gasteiger partial charge is 0.481 e. The van der Waals surface area contributed by atoms with Crippen LogP contribution in [-0.4, -0.2) is 22.8 Å². The normalized spacial score (nSPS) is 14.2. The van der Waals surface area contributed by atoms with Crippen LogP contribution in [0.25, 0.3) is 0 Å². The molecule has 1 N–H and O–H groups in total. The zero-order valence-corrected chi connectivity index (χ0v) is 9.53. The van der Waals surface area contributed by atoms with Gasteiger partial charge in [0.15, 0.2) is 0 Å². The van der Waals surface area contributed by atoms with Gasteiger partial charge in [-0.25, -0.2) is 0 Å². The summed E-state index contributed by atoms with van der Waals surface area (Å²) in [5, 5.41) is 8.86. The summed E-state index contributed by atoms with van der Waals surface area (Å²) in [4.78, 5) is 10.8. The van der Waals surface area contributed by atoms with Crippen molar-refractivity contribution in [3.05, 3.63) is 0 Å². The number of hydrogen-bond donors (Lipinski definition) is 1. The van der Waals surface area contributed by atoms with Crippen molar-refractivity contribution in [2.24, 2.45) is 11.3 Å². The molecule has 1 unspecified atom stereocenters. The molecule has 0 fully saturated rings. The van der Waals surface area contributed by atoms with Gasteiger partial charge in [0.25, 0.3) is 0 Å². The topological polar surface area (TPSA) is 37.3 Å². The molecule has 0 saturated heterocycles. The van der Waals surface area contributed by atoms with E-state index in [9.17, 15) is 4.79 Å². The quantitative estimate of drug-likeness (QED) is 0.708. The summed E-state index contributed by atoms with van der Waals surface area (Å²) in [7, 11) is 0. The first-order valence-electron chi connectivity index (χ1n) is 4.27. The number of carboxylic acids is 1. The molecule has 0 rings (SSSR count). The predicted octanol–water partition coefficient (Wildman–Crippen LogP) is 2.97. The highest BCUT2D eigenvalue weighted by Gasteiger charge is 2.26. The average Bonchev–Trinajstić information content (AvgIpc) is 2.03. The molecule has 0 aromatic heterocycles. The molecule has 0 aliphatic heterocycles. The van der Waals surface area contributed by atoms with Crippen molar-refractivity contribution in [3.8, 4) is 0 Å². The first-order valence-corrected chi connectivity index (χ1v) is 5.34. The summed E-state index contributed by atoms with van der Waals surface area (Å²) in [6.45, 7) is 3.92. The second kappa shape index (κ2) is 5.71. The van der Waals surface area contributed by atoms with E-state index in [-0.39, 0.29) is 11.3 Å². The number of aliphatic carboxylic acids is 1. The smallest absolute Gasteiger partial charge is 0.306 e. The summed E-state index contributed by atoms with van der Waals surface area (Å²) in [5.41, 5.74) is -0.128. The summed E-state index contributed by atoms with van der Waals surface area (Å²) in [6.07, 6.45) is 1.09. The van der Waals surface area contributed by atoms with Crippen LogP contribution in [0.4, 0.5) is 0 Å². The standard InChI is InChI=1S/C9H16Cl2O2/c1-9(2,6-11)5-7(3-4-10)8(12)13/h7H,3-6H2,1-2H3,(H,12,13). The maximum atomic E-state index is 10.8. The Bertz CT molecular complexity index is 169. The Morgan fingerprint density at radius 3 is 2.31 bits per heavy atom. The molecule has 0 aliphatic carbocycles. The van der Waals surface area contributed by atoms with E-state index < -0.39 is 5.97 Å². The summed E-state index contributed by atoms with van der Waals surface area (Å²) >= 11 is 11.2. The van der Waals surface area contributed by atoms with Crippen LogP contribution in [0.2, 0.25) is 0 Å². The number of rotatable bonds is 6. The van der Waals surface area contributed by atoms with Gasteiger partial charge in [-0.1, -0.05) is 13.8 Å². The Morgan fingerprint density at radius 1 is 1.46 bits per heavy atom. The molecular formula is C9H16Cl2O2. The molecule has 0 aromatic rings. The second-order valence-corrected chi connectivity index (χ2v) is 4.66. The molecule has 0 saturated carbocycles. The van der Waals surface area contributed by atoms with Gasteiger partial charge in [-0.05, 0) is 18.3 Å². The molecule has 0 bridgehead atoms. The molecule has 0 aliphatic rings. The first-order chi connectivity index (χ1) is 5.93. The minimum absolute atomic E-state index is 0.128. The van der Waals surface area contributed by atoms with E-state index in [2.05, 4.69) is 0 Å². The average molecular weight is 227 g/mol. The zero-order chi connectivity index (χ0) is 10.5. The number of alkyl halides is 2. The molecule has 2 nitrogen and oxygen atoms in total. The van der Waals surface area contributed by atoms with Gasteiger partial charge in [0.05, 0.1) is 5.92 Å². The lowest BCUT2D eigenvalue weighted by Crippen LogP contribution is -2.24. The Morgan fingerprint density at radius 2 is 2.00 bits per heavy atom. The number of halogens is 2. The molecule has 13 heavy (non-hydrogen) atoms. The van der Waals surface area contributed by atoms with Crippen LogP contribution in [0.3, 0.4) is 0 Å². The SMILES string of the molecule is CC(C)(CCl)CC(CCCl)C(=O)O. The highest BCUT2D eigenvalue weighted by Crippen LogP contribution is 2.28. The van der Waals surface area contributed by atoms with E-state index >= 15 is 0 Å². The monoisotopic (exact) mass is 226 g/mol. The minimum Gasteiger partial charge on any atom is -0.481 e. The lowest BCUT2D eigenvalue weighted by Gasteiger charge is -2.24. The first kappa shape index (κ1) is 13.1. The van der Waals surface area contributed by atoms with Gasteiger partial charge in [0.1, 0.15) is 0 Å². The molecule has 1 atom stereocenters. The molecular weight excluding hydrogens is 211 g/mol. The maximum Gasteiger partial charge on any atom is 0.306 e. The summed E-state index contributed by atoms with van der Waals surface area (Å²) in [6, 6.07) is 0. The van der Waals surface area contributed by atoms with E-state index in [0.717, 1.165) is 0 Å². The van der Waals surface area contributed by atoms with Crippen molar-refractivity contribution in [2.75, 3.05) is 11.8 Å². The molecule has 0 amide bonds. The Kier molecular flexibility index (Phi) is 5.73. The van der Waals surface area contributed by atoms with Crippen LogP contribution in [0.1, 0.15) is 26.7 Å². The lowest BCUT2D eigenvalue weighted by atomic mass is 9.83. The molecule has 0 heterocycles. The molecule has 0 radical (unpaired) electrons. The molecule has 4 heteroatoms. The van der Waals surface area contributed by atoms with Gasteiger partial charge in [-0.2, -0.15) is 0 Å². The second-order valence-electron chi connectivity index (χ2n) is 4.01. The lowest BCUT2D eigenvalue weighted by molar-refractivity contribution is -0.142. The van der Waals surface area contributed by atoms with Gasteiger partial charge in [0.2, 0.25) is 0 Å². The Hall–Kier alpha value is 0.0500. The van der Waals surface area contributed by atoms with Crippen LogP contribution in [-0.2, 0) is 4.79 Å². The third-order valence-electron chi connectivity index (χ3n) is 1.97. The third-order valence-corrected chi connectivity index (χ3v) is 2.91. The van der Waals surface area contributed by atoms with Crippen LogP contribution >= 0.6 is 23.2 Å². The fraction of sp³-hybridized carbons (Fsp3) is 0.889. The van der Waals surface area contributed by atoms with Crippen molar-refractivity contribution in [1.29, 1.82) is 0 Å². The number of carbonyl (C=O) groups is 1. The molecule has 0 aromatic carbocycles. The zero-order valence-electron chi connectivity index (χ0n) is 8.02. The van der Waals surface area contributed by atoms with E-state index in [0.29, 0.717) is 24.6 Å². The van der Waals surface area contributed by atoms with Gasteiger partial charge in [-0.15, -0.1) is 23.2 Å². The highest BCUT2D eigenvalue weighted by molar-refractivity contribution is 6.18. The van der Waals surface area contributed by atoms with Crippen molar-refractivity contribution >= 4 is 29.2 Å². The van der Waals surface area contributed by atoms with Crippen molar-refractivity contribution in [3.63, 3.8) is 0 Å².